The number of hydrogen-bond acceptors (Lipinski definition) is 4. The number of aromatic nitrogens is 4. The lowest BCUT2D eigenvalue weighted by Gasteiger charge is -2.15. The lowest BCUT2D eigenvalue weighted by molar-refractivity contribution is 1.07. The molecule has 0 amide bonds. The van der Waals surface area contributed by atoms with Gasteiger partial charge in [0.25, 0.3) is 0 Å². The molecular formula is C58H38N4. The molecule has 0 aliphatic rings. The molecule has 0 fully saturated rings. The first kappa shape index (κ1) is 36.7. The smallest absolute Gasteiger partial charge is 0.164 e. The van der Waals surface area contributed by atoms with Crippen molar-refractivity contribution in [2.75, 3.05) is 0 Å². The van der Waals surface area contributed by atoms with Crippen molar-refractivity contribution < 1.29 is 0 Å². The monoisotopic (exact) mass is 790 g/mol. The van der Waals surface area contributed by atoms with E-state index in [-0.39, 0.29) is 0 Å². The Bertz CT molecular complexity index is 3270. The van der Waals surface area contributed by atoms with Gasteiger partial charge in [-0.3, -0.25) is 0 Å². The second kappa shape index (κ2) is 16.0. The molecule has 11 rings (SSSR count). The van der Waals surface area contributed by atoms with Crippen LogP contribution in [0.2, 0.25) is 0 Å². The fourth-order valence-electron chi connectivity index (χ4n) is 8.45. The minimum absolute atomic E-state index is 0.614. The minimum atomic E-state index is 0.614. The fourth-order valence-corrected chi connectivity index (χ4v) is 8.45. The van der Waals surface area contributed by atoms with E-state index in [2.05, 4.69) is 212 Å². The summed E-state index contributed by atoms with van der Waals surface area (Å²) in [6.07, 6.45) is 0. The Morgan fingerprint density at radius 2 is 0.661 bits per heavy atom. The standard InChI is InChI=1S/C58H38N4/c1-5-16-39(17-6-1)45-24-13-26-47(36-45)57-60-56(61-58(62-57)48-27-14-25-46(37-48)40-18-7-2-8-19-40)44-32-30-42(31-33-44)49-28-15-29-51-50(49)34-35-53-55(51)52(41-20-9-3-10-21-41)38-54(59-53)43-22-11-4-12-23-43/h1-38H. The van der Waals surface area contributed by atoms with Gasteiger partial charge in [-0.05, 0) is 79.5 Å². The van der Waals surface area contributed by atoms with E-state index in [0.717, 1.165) is 88.7 Å². The molecule has 4 heteroatoms. The number of pyridine rings is 1. The van der Waals surface area contributed by atoms with E-state index in [4.69, 9.17) is 19.9 Å². The molecule has 0 spiro atoms. The molecule has 290 valence electrons. The average Bonchev–Trinajstić information content (AvgIpc) is 3.37. The zero-order valence-electron chi connectivity index (χ0n) is 33.7. The van der Waals surface area contributed by atoms with Crippen LogP contribution in [0.3, 0.4) is 0 Å². The Kier molecular flexibility index (Phi) is 9.49. The Hall–Kier alpha value is -8.34. The van der Waals surface area contributed by atoms with E-state index in [1.807, 2.05) is 18.2 Å². The highest BCUT2D eigenvalue weighted by Crippen LogP contribution is 2.40. The summed E-state index contributed by atoms with van der Waals surface area (Å²) in [5, 5.41) is 3.47. The highest BCUT2D eigenvalue weighted by molar-refractivity contribution is 6.17. The molecule has 0 unspecified atom stereocenters. The molecule has 0 aliphatic carbocycles. The number of rotatable bonds is 8. The zero-order chi connectivity index (χ0) is 41.2. The van der Waals surface area contributed by atoms with Gasteiger partial charge in [-0.1, -0.05) is 206 Å². The van der Waals surface area contributed by atoms with Crippen molar-refractivity contribution in [2.24, 2.45) is 0 Å². The first-order chi connectivity index (χ1) is 30.7. The average molecular weight is 791 g/mol. The van der Waals surface area contributed by atoms with Crippen LogP contribution in [-0.4, -0.2) is 19.9 Å². The van der Waals surface area contributed by atoms with Crippen LogP contribution in [-0.2, 0) is 0 Å². The third-order valence-corrected chi connectivity index (χ3v) is 11.5. The molecule has 0 bridgehead atoms. The third kappa shape index (κ3) is 7.10. The fraction of sp³-hybridized carbons (Fsp3) is 0. The summed E-state index contributed by atoms with van der Waals surface area (Å²) in [6, 6.07) is 80.5. The maximum absolute atomic E-state index is 5.21. The summed E-state index contributed by atoms with van der Waals surface area (Å²) in [6.45, 7) is 0. The largest absolute Gasteiger partial charge is 0.248 e. The van der Waals surface area contributed by atoms with Gasteiger partial charge >= 0.3 is 0 Å². The third-order valence-electron chi connectivity index (χ3n) is 11.5. The van der Waals surface area contributed by atoms with Crippen LogP contribution in [0.4, 0.5) is 0 Å². The predicted octanol–water partition coefficient (Wildman–Crippen LogP) is 14.9. The van der Waals surface area contributed by atoms with E-state index in [1.165, 1.54) is 5.39 Å². The van der Waals surface area contributed by atoms with Gasteiger partial charge in [0.2, 0.25) is 0 Å². The normalized spacial score (nSPS) is 11.2. The van der Waals surface area contributed by atoms with Crippen LogP contribution in [0.15, 0.2) is 231 Å². The molecule has 2 aromatic heterocycles. The highest BCUT2D eigenvalue weighted by Gasteiger charge is 2.17. The van der Waals surface area contributed by atoms with E-state index in [0.29, 0.717) is 17.5 Å². The molecular weight excluding hydrogens is 753 g/mol. The van der Waals surface area contributed by atoms with Gasteiger partial charge in [0, 0.05) is 27.6 Å². The SMILES string of the molecule is c1ccc(-c2cccc(-c3nc(-c4ccc(-c5cccc6c5ccc5nc(-c7ccccc7)cc(-c7ccccc7)c56)cc4)nc(-c4cccc(-c5ccccc5)c4)n3)c2)cc1. The molecule has 0 atom stereocenters. The maximum Gasteiger partial charge on any atom is 0.164 e. The van der Waals surface area contributed by atoms with Crippen LogP contribution in [0.1, 0.15) is 0 Å². The van der Waals surface area contributed by atoms with E-state index in [1.54, 1.807) is 0 Å². The topological polar surface area (TPSA) is 51.6 Å². The van der Waals surface area contributed by atoms with Crippen LogP contribution < -0.4 is 0 Å². The van der Waals surface area contributed by atoms with Gasteiger partial charge in [0.05, 0.1) is 11.2 Å². The lowest BCUT2D eigenvalue weighted by Crippen LogP contribution is -2.00. The number of hydrogen-bond donors (Lipinski definition) is 0. The van der Waals surface area contributed by atoms with Crippen LogP contribution in [0.25, 0.3) is 112 Å². The van der Waals surface area contributed by atoms with Crippen molar-refractivity contribution in [3.63, 3.8) is 0 Å². The molecule has 4 nitrogen and oxygen atoms in total. The summed E-state index contributed by atoms with van der Waals surface area (Å²) < 4.78 is 0. The van der Waals surface area contributed by atoms with Crippen molar-refractivity contribution in [1.82, 2.24) is 19.9 Å². The molecule has 9 aromatic carbocycles. The summed E-state index contributed by atoms with van der Waals surface area (Å²) in [7, 11) is 0. The van der Waals surface area contributed by atoms with Crippen molar-refractivity contribution in [3.05, 3.63) is 231 Å². The first-order valence-corrected chi connectivity index (χ1v) is 20.9. The van der Waals surface area contributed by atoms with Crippen molar-refractivity contribution >= 4 is 21.7 Å². The zero-order valence-corrected chi connectivity index (χ0v) is 33.7. The summed E-state index contributed by atoms with van der Waals surface area (Å²) in [4.78, 5) is 20.6. The highest BCUT2D eigenvalue weighted by atomic mass is 15.0. The Balaban J connectivity index is 1.02. The van der Waals surface area contributed by atoms with Gasteiger partial charge in [0.1, 0.15) is 0 Å². The molecule has 2 heterocycles. The summed E-state index contributed by atoms with van der Waals surface area (Å²) in [5.41, 5.74) is 14.9. The molecule has 62 heavy (non-hydrogen) atoms. The van der Waals surface area contributed by atoms with Gasteiger partial charge in [-0.25, -0.2) is 19.9 Å². The Morgan fingerprint density at radius 1 is 0.226 bits per heavy atom. The number of fused-ring (bicyclic) bond motifs is 3. The Labute approximate surface area is 360 Å². The maximum atomic E-state index is 5.21. The molecule has 0 saturated carbocycles. The van der Waals surface area contributed by atoms with Gasteiger partial charge < -0.3 is 0 Å². The van der Waals surface area contributed by atoms with Crippen LogP contribution in [0, 0.1) is 0 Å². The summed E-state index contributed by atoms with van der Waals surface area (Å²) in [5.74, 6) is 1.86. The molecule has 0 radical (unpaired) electrons. The van der Waals surface area contributed by atoms with E-state index >= 15 is 0 Å². The predicted molar refractivity (Wildman–Crippen MR) is 256 cm³/mol. The van der Waals surface area contributed by atoms with Gasteiger partial charge in [0.15, 0.2) is 17.5 Å². The van der Waals surface area contributed by atoms with Crippen molar-refractivity contribution in [2.45, 2.75) is 0 Å². The van der Waals surface area contributed by atoms with Gasteiger partial charge in [-0.2, -0.15) is 0 Å². The minimum Gasteiger partial charge on any atom is -0.248 e. The molecule has 0 saturated heterocycles. The second-order valence-corrected chi connectivity index (χ2v) is 15.4. The Morgan fingerprint density at radius 3 is 1.23 bits per heavy atom. The van der Waals surface area contributed by atoms with Crippen LogP contribution >= 0.6 is 0 Å². The second-order valence-electron chi connectivity index (χ2n) is 15.4. The summed E-state index contributed by atoms with van der Waals surface area (Å²) >= 11 is 0. The molecule has 11 aromatic rings. The van der Waals surface area contributed by atoms with E-state index < -0.39 is 0 Å². The van der Waals surface area contributed by atoms with Crippen LogP contribution in [0.5, 0.6) is 0 Å². The van der Waals surface area contributed by atoms with E-state index in [9.17, 15) is 0 Å². The number of benzene rings is 9. The molecule has 0 N–H and O–H groups in total. The number of nitrogens with zero attached hydrogens (tertiary/aromatic N) is 4. The van der Waals surface area contributed by atoms with Crippen molar-refractivity contribution in [1.29, 1.82) is 0 Å². The van der Waals surface area contributed by atoms with Gasteiger partial charge in [-0.15, -0.1) is 0 Å². The quantitative estimate of drug-likeness (QED) is 0.144. The lowest BCUT2D eigenvalue weighted by atomic mass is 9.91. The first-order valence-electron chi connectivity index (χ1n) is 20.9. The van der Waals surface area contributed by atoms with Crippen molar-refractivity contribution in [3.8, 4) is 89.9 Å². The molecule has 0 aliphatic heterocycles.